The Morgan fingerprint density at radius 2 is 2.17 bits per heavy atom. The Morgan fingerprint density at radius 3 is 2.72 bits per heavy atom. The Hall–Kier alpha value is -1.55. The first kappa shape index (κ1) is 14.5. The number of rotatable bonds is 5. The number of hydrogen-bond acceptors (Lipinski definition) is 3. The largest absolute Gasteiger partial charge is 0.464 e. The van der Waals surface area contributed by atoms with E-state index in [2.05, 4.69) is 5.32 Å². The zero-order valence-electron chi connectivity index (χ0n) is 10.4. The maximum absolute atomic E-state index is 11.7. The highest BCUT2D eigenvalue weighted by Gasteiger charge is 2.21. The van der Waals surface area contributed by atoms with Gasteiger partial charge in [0.15, 0.2) is 0 Å². The number of carbonyl (C=O) groups is 2. The van der Waals surface area contributed by atoms with E-state index in [9.17, 15) is 9.59 Å². The second-order valence-corrected chi connectivity index (χ2v) is 4.28. The fraction of sp³-hybridized carbons (Fsp3) is 0.385. The third kappa shape index (κ3) is 4.75. The second kappa shape index (κ2) is 7.01. The first-order valence-corrected chi connectivity index (χ1v) is 6.09. The van der Waals surface area contributed by atoms with E-state index >= 15 is 0 Å². The number of nitrogens with one attached hydrogen (secondary N) is 1. The molecule has 0 unspecified atom stereocenters. The molecule has 0 aliphatic carbocycles. The van der Waals surface area contributed by atoms with Crippen LogP contribution in [0.15, 0.2) is 24.3 Å². The molecule has 1 N–H and O–H groups in total. The van der Waals surface area contributed by atoms with E-state index in [4.69, 9.17) is 16.3 Å². The molecule has 0 saturated carbocycles. The molecule has 0 spiro atoms. The van der Waals surface area contributed by atoms with Crippen LogP contribution in [0.25, 0.3) is 0 Å². The molecule has 1 amide bonds. The van der Waals surface area contributed by atoms with Gasteiger partial charge in [0.25, 0.3) is 0 Å². The van der Waals surface area contributed by atoms with Gasteiger partial charge in [-0.25, -0.2) is 4.79 Å². The van der Waals surface area contributed by atoms with Crippen LogP contribution in [0.5, 0.6) is 0 Å². The summed E-state index contributed by atoms with van der Waals surface area (Å²) in [5.74, 6) is -0.706. The molecule has 0 radical (unpaired) electrons. The lowest BCUT2D eigenvalue weighted by atomic mass is 10.1. The fourth-order valence-corrected chi connectivity index (χ4v) is 1.79. The van der Waals surface area contributed by atoms with Crippen LogP contribution in [-0.4, -0.2) is 24.5 Å². The molecule has 1 aromatic rings. The summed E-state index contributed by atoms with van der Waals surface area (Å²) in [7, 11) is 0. The molecular weight excluding hydrogens is 254 g/mol. The predicted molar refractivity (Wildman–Crippen MR) is 69.4 cm³/mol. The molecule has 0 heterocycles. The van der Waals surface area contributed by atoms with E-state index in [1.165, 1.54) is 6.92 Å². The Kier molecular flexibility index (Phi) is 5.65. The third-order valence-corrected chi connectivity index (χ3v) is 2.51. The van der Waals surface area contributed by atoms with E-state index in [1.54, 1.807) is 25.1 Å². The van der Waals surface area contributed by atoms with E-state index in [1.807, 2.05) is 6.07 Å². The lowest BCUT2D eigenvalue weighted by Crippen LogP contribution is -2.42. The van der Waals surface area contributed by atoms with Crippen molar-refractivity contribution < 1.29 is 14.3 Å². The monoisotopic (exact) mass is 269 g/mol. The van der Waals surface area contributed by atoms with Crippen molar-refractivity contribution in [3.63, 3.8) is 0 Å². The van der Waals surface area contributed by atoms with Gasteiger partial charge in [-0.3, -0.25) is 4.79 Å². The third-order valence-electron chi connectivity index (χ3n) is 2.28. The molecular formula is C13H16ClNO3. The van der Waals surface area contributed by atoms with Gasteiger partial charge in [0, 0.05) is 18.4 Å². The Labute approximate surface area is 111 Å². The van der Waals surface area contributed by atoms with Gasteiger partial charge in [0.1, 0.15) is 6.04 Å². The molecule has 98 valence electrons. The lowest BCUT2D eigenvalue weighted by Gasteiger charge is -2.16. The molecule has 0 fully saturated rings. The molecule has 1 aromatic carbocycles. The van der Waals surface area contributed by atoms with E-state index in [0.29, 0.717) is 11.4 Å². The number of ether oxygens (including phenoxy) is 1. The first-order chi connectivity index (χ1) is 8.52. The molecule has 0 aliphatic heterocycles. The number of halogens is 1. The van der Waals surface area contributed by atoms with Gasteiger partial charge in [-0.05, 0) is 24.6 Å². The van der Waals surface area contributed by atoms with Gasteiger partial charge in [-0.15, -0.1) is 0 Å². The second-order valence-electron chi connectivity index (χ2n) is 3.84. The molecule has 1 atom stereocenters. The van der Waals surface area contributed by atoms with Crippen molar-refractivity contribution in [2.75, 3.05) is 6.61 Å². The van der Waals surface area contributed by atoms with Crippen LogP contribution in [0.2, 0.25) is 5.02 Å². The van der Waals surface area contributed by atoms with Crippen molar-refractivity contribution in [3.8, 4) is 0 Å². The van der Waals surface area contributed by atoms with Crippen LogP contribution in [0, 0.1) is 0 Å². The van der Waals surface area contributed by atoms with Crippen LogP contribution >= 0.6 is 11.6 Å². The smallest absolute Gasteiger partial charge is 0.328 e. The van der Waals surface area contributed by atoms with Gasteiger partial charge in [0.2, 0.25) is 5.91 Å². The van der Waals surface area contributed by atoms with E-state index < -0.39 is 12.0 Å². The van der Waals surface area contributed by atoms with Gasteiger partial charge >= 0.3 is 5.97 Å². The number of amides is 1. The molecule has 0 aliphatic rings. The van der Waals surface area contributed by atoms with Gasteiger partial charge in [-0.2, -0.15) is 0 Å². The average Bonchev–Trinajstić information content (AvgIpc) is 2.28. The number of hydrogen-bond donors (Lipinski definition) is 1. The molecule has 18 heavy (non-hydrogen) atoms. The minimum absolute atomic E-state index is 0.268. The highest BCUT2D eigenvalue weighted by atomic mass is 35.5. The van der Waals surface area contributed by atoms with Crippen LogP contribution < -0.4 is 5.32 Å². The molecule has 0 aromatic heterocycles. The highest BCUT2D eigenvalue weighted by molar-refractivity contribution is 6.30. The van der Waals surface area contributed by atoms with Crippen molar-refractivity contribution in [2.45, 2.75) is 26.3 Å². The topological polar surface area (TPSA) is 55.4 Å². The summed E-state index contributed by atoms with van der Waals surface area (Å²) >= 11 is 5.87. The molecule has 4 nitrogen and oxygen atoms in total. The van der Waals surface area contributed by atoms with Crippen LogP contribution in [0.4, 0.5) is 0 Å². The van der Waals surface area contributed by atoms with Gasteiger partial charge in [0.05, 0.1) is 6.61 Å². The Bertz CT molecular complexity index is 434. The highest BCUT2D eigenvalue weighted by Crippen LogP contribution is 2.12. The summed E-state index contributed by atoms with van der Waals surface area (Å²) in [5.41, 5.74) is 0.870. The van der Waals surface area contributed by atoms with Crippen LogP contribution in [-0.2, 0) is 20.7 Å². The average molecular weight is 270 g/mol. The zero-order chi connectivity index (χ0) is 13.5. The van der Waals surface area contributed by atoms with Crippen molar-refractivity contribution in [1.29, 1.82) is 0 Å². The summed E-state index contributed by atoms with van der Waals surface area (Å²) in [6.07, 6.45) is 0.360. The van der Waals surface area contributed by atoms with E-state index in [0.717, 1.165) is 5.56 Å². The van der Waals surface area contributed by atoms with Crippen molar-refractivity contribution in [2.24, 2.45) is 0 Å². The Morgan fingerprint density at radius 1 is 1.44 bits per heavy atom. The summed E-state index contributed by atoms with van der Waals surface area (Å²) in [4.78, 5) is 22.8. The SMILES string of the molecule is CCOC(=O)[C@@H](Cc1cccc(Cl)c1)NC(C)=O. The molecule has 0 bridgehead atoms. The minimum Gasteiger partial charge on any atom is -0.464 e. The Balaban J connectivity index is 2.77. The predicted octanol–water partition coefficient (Wildman–Crippen LogP) is 1.95. The maximum Gasteiger partial charge on any atom is 0.328 e. The maximum atomic E-state index is 11.7. The molecule has 5 heteroatoms. The number of benzene rings is 1. The van der Waals surface area contributed by atoms with Crippen molar-refractivity contribution in [3.05, 3.63) is 34.9 Å². The minimum atomic E-state index is -0.680. The number of carbonyl (C=O) groups excluding carboxylic acids is 2. The van der Waals surface area contributed by atoms with Crippen LogP contribution in [0.1, 0.15) is 19.4 Å². The zero-order valence-corrected chi connectivity index (χ0v) is 11.2. The summed E-state index contributed by atoms with van der Waals surface area (Å²) in [6.45, 7) is 3.37. The molecule has 0 saturated heterocycles. The fourth-order valence-electron chi connectivity index (χ4n) is 1.58. The summed E-state index contributed by atoms with van der Waals surface area (Å²) in [6, 6.07) is 6.48. The van der Waals surface area contributed by atoms with Gasteiger partial charge < -0.3 is 10.1 Å². The standard InChI is InChI=1S/C13H16ClNO3/c1-3-18-13(17)12(15-9(2)16)8-10-5-4-6-11(14)7-10/h4-7,12H,3,8H2,1-2H3,(H,15,16)/t12-/m1/s1. The summed E-state index contributed by atoms with van der Waals surface area (Å²) in [5, 5.41) is 3.17. The van der Waals surface area contributed by atoms with Crippen LogP contribution in [0.3, 0.4) is 0 Å². The van der Waals surface area contributed by atoms with Gasteiger partial charge in [-0.1, -0.05) is 23.7 Å². The normalized spacial score (nSPS) is 11.7. The lowest BCUT2D eigenvalue weighted by molar-refractivity contribution is -0.147. The quantitative estimate of drug-likeness (QED) is 0.832. The molecule has 1 rings (SSSR count). The van der Waals surface area contributed by atoms with Crippen molar-refractivity contribution >= 4 is 23.5 Å². The summed E-state index contributed by atoms with van der Waals surface area (Å²) < 4.78 is 4.92. The van der Waals surface area contributed by atoms with E-state index in [-0.39, 0.29) is 12.5 Å². The van der Waals surface area contributed by atoms with Crippen molar-refractivity contribution in [1.82, 2.24) is 5.32 Å². The number of esters is 1. The first-order valence-electron chi connectivity index (χ1n) is 5.71.